The van der Waals surface area contributed by atoms with Crippen LogP contribution in [0.5, 0.6) is 0 Å². The Morgan fingerprint density at radius 2 is 1.82 bits per heavy atom. The second kappa shape index (κ2) is 5.32. The van der Waals surface area contributed by atoms with Gasteiger partial charge < -0.3 is 0 Å². The summed E-state index contributed by atoms with van der Waals surface area (Å²) in [5.41, 5.74) is 0. The molecule has 0 aromatic carbocycles. The molecule has 0 amide bonds. The maximum Gasteiger partial charge on any atom is 0.265 e. The van der Waals surface area contributed by atoms with E-state index in [0.717, 1.165) is 12.8 Å². The Bertz CT molecular complexity index is 204. The summed E-state index contributed by atoms with van der Waals surface area (Å²) in [6.07, 6.45) is 6.12. The van der Waals surface area contributed by atoms with Crippen molar-refractivity contribution in [3.8, 4) is 0 Å². The highest BCUT2D eigenvalue weighted by Gasteiger charge is 1.99. The average molecular weight is 178 g/mol. The highest BCUT2D eigenvalue weighted by Crippen LogP contribution is 1.93. The zero-order chi connectivity index (χ0) is 8.74. The molecule has 0 aromatic rings. The van der Waals surface area contributed by atoms with Gasteiger partial charge in [-0.3, -0.25) is 4.55 Å². The zero-order valence-electron chi connectivity index (χ0n) is 6.66. The molecule has 11 heavy (non-hydrogen) atoms. The van der Waals surface area contributed by atoms with Crippen LogP contribution in [-0.4, -0.2) is 18.7 Å². The molecule has 66 valence electrons. The van der Waals surface area contributed by atoms with Crippen molar-refractivity contribution in [2.24, 2.45) is 0 Å². The Balaban J connectivity index is 3.42. The van der Waals surface area contributed by atoms with Gasteiger partial charge in [-0.25, -0.2) is 0 Å². The third kappa shape index (κ3) is 9.65. The van der Waals surface area contributed by atoms with E-state index in [9.17, 15) is 8.42 Å². The Hall–Kier alpha value is -0.350. The summed E-state index contributed by atoms with van der Waals surface area (Å²) in [5.74, 6) is -0.173. The molecule has 0 spiro atoms. The van der Waals surface area contributed by atoms with Crippen molar-refractivity contribution < 1.29 is 13.0 Å². The second-order valence-electron chi connectivity index (χ2n) is 2.33. The first kappa shape index (κ1) is 10.7. The number of unbranched alkanes of at least 4 members (excludes halogenated alkanes) is 1. The average Bonchev–Trinajstić information content (AvgIpc) is 1.85. The molecular weight excluding hydrogens is 164 g/mol. The highest BCUT2D eigenvalue weighted by atomic mass is 32.2. The topological polar surface area (TPSA) is 54.4 Å². The van der Waals surface area contributed by atoms with E-state index in [1.54, 1.807) is 6.08 Å². The van der Waals surface area contributed by atoms with Crippen molar-refractivity contribution in [3.05, 3.63) is 12.2 Å². The van der Waals surface area contributed by atoms with Crippen LogP contribution >= 0.6 is 0 Å². The maximum atomic E-state index is 10.2. The SMILES string of the molecule is CCCC=CCCS(=O)(=O)O. The van der Waals surface area contributed by atoms with Crippen LogP contribution in [0.1, 0.15) is 26.2 Å². The van der Waals surface area contributed by atoms with Crippen LogP contribution < -0.4 is 0 Å². The van der Waals surface area contributed by atoms with Crippen LogP contribution in [0.15, 0.2) is 12.2 Å². The highest BCUT2D eigenvalue weighted by molar-refractivity contribution is 7.85. The van der Waals surface area contributed by atoms with E-state index in [-0.39, 0.29) is 5.75 Å². The monoisotopic (exact) mass is 178 g/mol. The van der Waals surface area contributed by atoms with Gasteiger partial charge in [0.25, 0.3) is 10.1 Å². The van der Waals surface area contributed by atoms with Gasteiger partial charge >= 0.3 is 0 Å². The van der Waals surface area contributed by atoms with Gasteiger partial charge in [0.2, 0.25) is 0 Å². The first-order chi connectivity index (χ1) is 5.06. The van der Waals surface area contributed by atoms with E-state index in [2.05, 4.69) is 0 Å². The molecule has 0 aliphatic carbocycles. The fourth-order valence-electron chi connectivity index (χ4n) is 0.619. The molecule has 1 N–H and O–H groups in total. The van der Waals surface area contributed by atoms with Crippen molar-refractivity contribution >= 4 is 10.1 Å². The van der Waals surface area contributed by atoms with Crippen molar-refractivity contribution in [2.45, 2.75) is 26.2 Å². The first-order valence-electron chi connectivity index (χ1n) is 3.66. The largest absolute Gasteiger partial charge is 0.286 e. The van der Waals surface area contributed by atoms with Crippen molar-refractivity contribution in [1.82, 2.24) is 0 Å². The van der Waals surface area contributed by atoms with Crippen molar-refractivity contribution in [2.75, 3.05) is 5.75 Å². The van der Waals surface area contributed by atoms with E-state index >= 15 is 0 Å². The molecule has 0 heterocycles. The summed E-state index contributed by atoms with van der Waals surface area (Å²) >= 11 is 0. The molecule has 0 aromatic heterocycles. The third-order valence-corrected chi connectivity index (χ3v) is 1.92. The summed E-state index contributed by atoms with van der Waals surface area (Å²) in [4.78, 5) is 0. The van der Waals surface area contributed by atoms with Gasteiger partial charge in [0, 0.05) is 0 Å². The lowest BCUT2D eigenvalue weighted by Crippen LogP contribution is -2.01. The molecule has 3 nitrogen and oxygen atoms in total. The van der Waals surface area contributed by atoms with Gasteiger partial charge in [-0.1, -0.05) is 25.5 Å². The van der Waals surface area contributed by atoms with Crippen molar-refractivity contribution in [1.29, 1.82) is 0 Å². The Labute approximate surface area is 67.9 Å². The van der Waals surface area contributed by atoms with Crippen LogP contribution in [0.4, 0.5) is 0 Å². The number of rotatable bonds is 5. The van der Waals surface area contributed by atoms with Crippen LogP contribution in [0.25, 0.3) is 0 Å². The summed E-state index contributed by atoms with van der Waals surface area (Å²) < 4.78 is 28.7. The Kier molecular flexibility index (Phi) is 5.15. The first-order valence-corrected chi connectivity index (χ1v) is 5.27. The molecule has 0 saturated heterocycles. The number of hydrogen-bond donors (Lipinski definition) is 1. The minimum atomic E-state index is -3.76. The third-order valence-electron chi connectivity index (χ3n) is 1.16. The molecule has 0 fully saturated rings. The zero-order valence-corrected chi connectivity index (χ0v) is 7.47. The Morgan fingerprint density at radius 3 is 2.27 bits per heavy atom. The fraction of sp³-hybridized carbons (Fsp3) is 0.714. The second-order valence-corrected chi connectivity index (χ2v) is 3.91. The van der Waals surface area contributed by atoms with Gasteiger partial charge in [-0.2, -0.15) is 8.42 Å². The smallest absolute Gasteiger partial charge is 0.265 e. The minimum absolute atomic E-state index is 0.173. The number of allylic oxidation sites excluding steroid dienone is 2. The Morgan fingerprint density at radius 1 is 1.27 bits per heavy atom. The summed E-state index contributed by atoms with van der Waals surface area (Å²) in [5, 5.41) is 0. The molecule has 0 aliphatic heterocycles. The predicted molar refractivity (Wildman–Crippen MR) is 45.1 cm³/mol. The lowest BCUT2D eigenvalue weighted by atomic mass is 10.3. The van der Waals surface area contributed by atoms with E-state index < -0.39 is 10.1 Å². The fourth-order valence-corrected chi connectivity index (χ4v) is 1.05. The van der Waals surface area contributed by atoms with Gasteiger partial charge in [-0.05, 0) is 12.8 Å². The molecule has 0 saturated carbocycles. The van der Waals surface area contributed by atoms with E-state index in [0.29, 0.717) is 6.42 Å². The summed E-state index contributed by atoms with van der Waals surface area (Å²) in [6.45, 7) is 2.05. The van der Waals surface area contributed by atoms with Crippen LogP contribution in [0.3, 0.4) is 0 Å². The molecule has 0 bridgehead atoms. The molecular formula is C7H14O3S. The van der Waals surface area contributed by atoms with E-state index in [4.69, 9.17) is 4.55 Å². The van der Waals surface area contributed by atoms with Crippen LogP contribution in [-0.2, 0) is 10.1 Å². The molecule has 0 rings (SSSR count). The normalized spacial score (nSPS) is 12.5. The maximum absolute atomic E-state index is 10.2. The predicted octanol–water partition coefficient (Wildman–Crippen LogP) is 1.62. The lowest BCUT2D eigenvalue weighted by molar-refractivity contribution is 0.483. The lowest BCUT2D eigenvalue weighted by Gasteiger charge is -1.90. The van der Waals surface area contributed by atoms with Crippen LogP contribution in [0.2, 0.25) is 0 Å². The molecule has 0 aliphatic rings. The molecule has 0 unspecified atom stereocenters. The van der Waals surface area contributed by atoms with Gasteiger partial charge in [0.15, 0.2) is 0 Å². The van der Waals surface area contributed by atoms with Gasteiger partial charge in [-0.15, -0.1) is 0 Å². The van der Waals surface area contributed by atoms with Crippen molar-refractivity contribution in [3.63, 3.8) is 0 Å². The van der Waals surface area contributed by atoms with Gasteiger partial charge in [0.1, 0.15) is 0 Å². The minimum Gasteiger partial charge on any atom is -0.286 e. The summed E-state index contributed by atoms with van der Waals surface area (Å²) in [6, 6.07) is 0. The quantitative estimate of drug-likeness (QED) is 0.514. The standard InChI is InChI=1S/C7H14O3S/c1-2-3-4-5-6-7-11(8,9)10/h4-5H,2-3,6-7H2,1H3,(H,8,9,10). The molecule has 0 atom stereocenters. The van der Waals surface area contributed by atoms with E-state index in [1.165, 1.54) is 0 Å². The molecule has 0 radical (unpaired) electrons. The number of hydrogen-bond acceptors (Lipinski definition) is 2. The molecule has 4 heteroatoms. The van der Waals surface area contributed by atoms with Crippen LogP contribution in [0, 0.1) is 0 Å². The summed E-state index contributed by atoms with van der Waals surface area (Å²) in [7, 11) is -3.76. The van der Waals surface area contributed by atoms with Gasteiger partial charge in [0.05, 0.1) is 5.75 Å². The van der Waals surface area contributed by atoms with E-state index in [1.807, 2.05) is 13.0 Å².